The number of pyridine rings is 1. The van der Waals surface area contributed by atoms with Crippen LogP contribution in [-0.4, -0.2) is 51.9 Å². The van der Waals surface area contributed by atoms with Gasteiger partial charge in [0.15, 0.2) is 5.65 Å². The Morgan fingerprint density at radius 1 is 1.07 bits per heavy atom. The highest BCUT2D eigenvalue weighted by molar-refractivity contribution is 5.59. The Kier molecular flexibility index (Phi) is 4.30. The maximum absolute atomic E-state index is 12.8. The molecule has 0 spiro atoms. The first kappa shape index (κ1) is 18.2. The second kappa shape index (κ2) is 6.87. The lowest BCUT2D eigenvalue weighted by atomic mass is 10.1. The minimum absolute atomic E-state index is 0.00790. The van der Waals surface area contributed by atoms with E-state index in [-0.39, 0.29) is 12.0 Å². The maximum Gasteiger partial charge on any atom is 0.433 e. The quantitative estimate of drug-likeness (QED) is 0.721. The predicted molar refractivity (Wildman–Crippen MR) is 99.1 cm³/mol. The SMILES string of the molecule is FC(F)(F)c1cccc(OC2CN(c3c4c(nc5ccnn35)CCNCC4)C2)n1. The first-order valence-corrected chi connectivity index (χ1v) is 9.51. The van der Waals surface area contributed by atoms with E-state index in [9.17, 15) is 13.2 Å². The molecule has 29 heavy (non-hydrogen) atoms. The van der Waals surface area contributed by atoms with Crippen LogP contribution < -0.4 is 15.0 Å². The fourth-order valence-electron chi connectivity index (χ4n) is 3.83. The summed E-state index contributed by atoms with van der Waals surface area (Å²) >= 11 is 0. The Labute approximate surface area is 164 Å². The van der Waals surface area contributed by atoms with E-state index in [0.717, 1.165) is 49.2 Å². The Hall–Kier alpha value is -2.88. The molecule has 2 aliphatic rings. The van der Waals surface area contributed by atoms with Crippen LogP contribution in [-0.2, 0) is 19.0 Å². The van der Waals surface area contributed by atoms with E-state index in [1.165, 1.54) is 17.7 Å². The number of ether oxygens (including phenoxy) is 1. The van der Waals surface area contributed by atoms with E-state index >= 15 is 0 Å². The highest BCUT2D eigenvalue weighted by Crippen LogP contribution is 2.32. The van der Waals surface area contributed by atoms with Crippen LogP contribution in [0.15, 0.2) is 30.5 Å². The second-order valence-corrected chi connectivity index (χ2v) is 7.22. The third kappa shape index (κ3) is 3.37. The fourth-order valence-corrected chi connectivity index (χ4v) is 3.83. The van der Waals surface area contributed by atoms with E-state index in [4.69, 9.17) is 9.72 Å². The largest absolute Gasteiger partial charge is 0.471 e. The minimum Gasteiger partial charge on any atom is -0.471 e. The van der Waals surface area contributed by atoms with Gasteiger partial charge in [0, 0.05) is 30.7 Å². The molecule has 1 saturated heterocycles. The number of halogens is 3. The molecule has 5 heterocycles. The summed E-state index contributed by atoms with van der Waals surface area (Å²) in [5.41, 5.74) is 2.09. The molecular formula is C19H19F3N6O. The number of nitrogens with one attached hydrogen (secondary N) is 1. The molecule has 10 heteroatoms. The minimum atomic E-state index is -4.49. The number of hydrogen-bond donors (Lipinski definition) is 1. The molecular weight excluding hydrogens is 385 g/mol. The van der Waals surface area contributed by atoms with Crippen LogP contribution in [0.3, 0.4) is 0 Å². The summed E-state index contributed by atoms with van der Waals surface area (Å²) in [6.45, 7) is 2.86. The summed E-state index contributed by atoms with van der Waals surface area (Å²) in [6.07, 6.45) is -1.29. The van der Waals surface area contributed by atoms with Crippen LogP contribution >= 0.6 is 0 Å². The Morgan fingerprint density at radius 3 is 2.72 bits per heavy atom. The van der Waals surface area contributed by atoms with Crippen molar-refractivity contribution >= 4 is 11.5 Å². The number of aromatic nitrogens is 4. The number of anilines is 1. The molecule has 3 aromatic heterocycles. The molecule has 0 unspecified atom stereocenters. The predicted octanol–water partition coefficient (Wildman–Crippen LogP) is 2.10. The van der Waals surface area contributed by atoms with Gasteiger partial charge in [-0.3, -0.25) is 0 Å². The number of nitrogens with zero attached hydrogens (tertiary/aromatic N) is 5. The van der Waals surface area contributed by atoms with Crippen LogP contribution in [0.2, 0.25) is 0 Å². The number of fused-ring (bicyclic) bond motifs is 2. The standard InChI is InChI=1S/C19H19F3N6O/c20-19(21,22)15-2-1-3-17(26-15)29-12-10-27(11-12)18-13-4-7-23-8-5-14(13)25-16-6-9-24-28(16)18/h1-3,6,9,12,23H,4-5,7-8,10-11H2. The molecule has 1 fully saturated rings. The van der Waals surface area contributed by atoms with Gasteiger partial charge in [-0.1, -0.05) is 6.07 Å². The van der Waals surface area contributed by atoms with Gasteiger partial charge in [-0.15, -0.1) is 0 Å². The summed E-state index contributed by atoms with van der Waals surface area (Å²) in [5, 5.41) is 7.81. The van der Waals surface area contributed by atoms with Crippen molar-refractivity contribution in [3.05, 3.63) is 47.4 Å². The van der Waals surface area contributed by atoms with Gasteiger partial charge in [0.25, 0.3) is 0 Å². The lowest BCUT2D eigenvalue weighted by molar-refractivity contribution is -0.141. The molecule has 152 valence electrons. The molecule has 7 nitrogen and oxygen atoms in total. The Bertz CT molecular complexity index is 1040. The smallest absolute Gasteiger partial charge is 0.433 e. The summed E-state index contributed by atoms with van der Waals surface area (Å²) in [6, 6.07) is 5.58. The third-order valence-corrected chi connectivity index (χ3v) is 5.23. The van der Waals surface area contributed by atoms with Gasteiger partial charge >= 0.3 is 6.18 Å². The van der Waals surface area contributed by atoms with Crippen molar-refractivity contribution in [2.75, 3.05) is 31.1 Å². The molecule has 3 aromatic rings. The van der Waals surface area contributed by atoms with Gasteiger partial charge in [0.2, 0.25) is 5.88 Å². The number of rotatable bonds is 3. The van der Waals surface area contributed by atoms with Crippen molar-refractivity contribution in [2.24, 2.45) is 0 Å². The average Bonchev–Trinajstić information content (AvgIpc) is 2.99. The van der Waals surface area contributed by atoms with E-state index in [2.05, 4.69) is 20.3 Å². The van der Waals surface area contributed by atoms with Gasteiger partial charge in [0.05, 0.1) is 25.0 Å². The molecule has 0 aliphatic carbocycles. The van der Waals surface area contributed by atoms with Crippen LogP contribution in [0.4, 0.5) is 19.0 Å². The second-order valence-electron chi connectivity index (χ2n) is 7.22. The molecule has 0 saturated carbocycles. The lowest BCUT2D eigenvalue weighted by Crippen LogP contribution is -2.55. The zero-order valence-electron chi connectivity index (χ0n) is 15.5. The van der Waals surface area contributed by atoms with Crippen molar-refractivity contribution in [2.45, 2.75) is 25.1 Å². The van der Waals surface area contributed by atoms with Crippen LogP contribution in [0, 0.1) is 0 Å². The van der Waals surface area contributed by atoms with E-state index in [1.54, 1.807) is 6.20 Å². The summed E-state index contributed by atoms with van der Waals surface area (Å²) < 4.78 is 46.1. The topological polar surface area (TPSA) is 67.6 Å². The van der Waals surface area contributed by atoms with Gasteiger partial charge < -0.3 is 15.0 Å². The van der Waals surface area contributed by atoms with Crippen molar-refractivity contribution < 1.29 is 17.9 Å². The molecule has 0 aromatic carbocycles. The zero-order chi connectivity index (χ0) is 20.0. The molecule has 2 aliphatic heterocycles. The highest BCUT2D eigenvalue weighted by Gasteiger charge is 2.35. The Morgan fingerprint density at radius 2 is 1.90 bits per heavy atom. The number of hydrogen-bond acceptors (Lipinski definition) is 6. The van der Waals surface area contributed by atoms with E-state index in [1.807, 2.05) is 10.6 Å². The first-order valence-electron chi connectivity index (χ1n) is 9.51. The van der Waals surface area contributed by atoms with Gasteiger partial charge in [-0.05, 0) is 19.0 Å². The first-order chi connectivity index (χ1) is 14.0. The molecule has 5 rings (SSSR count). The monoisotopic (exact) mass is 404 g/mol. The van der Waals surface area contributed by atoms with Crippen molar-refractivity contribution in [1.82, 2.24) is 24.9 Å². The average molecular weight is 404 g/mol. The molecule has 1 N–H and O–H groups in total. The lowest BCUT2D eigenvalue weighted by Gasteiger charge is -2.41. The summed E-state index contributed by atoms with van der Waals surface area (Å²) in [4.78, 5) is 10.5. The normalized spacial score (nSPS) is 17.7. The highest BCUT2D eigenvalue weighted by atomic mass is 19.4. The van der Waals surface area contributed by atoms with Crippen molar-refractivity contribution in [3.8, 4) is 5.88 Å². The molecule has 0 bridgehead atoms. The van der Waals surface area contributed by atoms with Crippen LogP contribution in [0.25, 0.3) is 5.65 Å². The Balaban J connectivity index is 1.37. The molecule has 0 amide bonds. The van der Waals surface area contributed by atoms with Crippen molar-refractivity contribution in [3.63, 3.8) is 0 Å². The van der Waals surface area contributed by atoms with Gasteiger partial charge in [0.1, 0.15) is 17.6 Å². The molecule has 0 radical (unpaired) electrons. The van der Waals surface area contributed by atoms with Gasteiger partial charge in [-0.2, -0.15) is 22.8 Å². The maximum atomic E-state index is 12.8. The third-order valence-electron chi connectivity index (χ3n) is 5.23. The summed E-state index contributed by atoms with van der Waals surface area (Å²) in [5.74, 6) is 0.988. The zero-order valence-corrected chi connectivity index (χ0v) is 15.5. The molecule has 0 atom stereocenters. The van der Waals surface area contributed by atoms with E-state index in [0.29, 0.717) is 13.1 Å². The summed E-state index contributed by atoms with van der Waals surface area (Å²) in [7, 11) is 0. The number of alkyl halides is 3. The van der Waals surface area contributed by atoms with Crippen LogP contribution in [0.1, 0.15) is 17.0 Å². The van der Waals surface area contributed by atoms with Crippen molar-refractivity contribution in [1.29, 1.82) is 0 Å². The van der Waals surface area contributed by atoms with Crippen LogP contribution in [0.5, 0.6) is 5.88 Å². The van der Waals surface area contributed by atoms with Gasteiger partial charge in [-0.25, -0.2) is 9.97 Å². The fraction of sp³-hybridized carbons (Fsp3) is 0.421. The van der Waals surface area contributed by atoms with E-state index < -0.39 is 11.9 Å².